The number of aliphatic imine (C=N–C) groups is 1. The molecule has 1 atom stereocenters. The number of methoxy groups -OCH3 is 1. The third-order valence-corrected chi connectivity index (χ3v) is 6.83. The number of hydrogen-bond acceptors (Lipinski definition) is 7. The molecule has 2 aromatic rings. The van der Waals surface area contributed by atoms with E-state index < -0.39 is 12.0 Å². The van der Waals surface area contributed by atoms with Crippen LogP contribution in [0.4, 0.5) is 0 Å². The number of carbonyl (C=O) groups is 2. The summed E-state index contributed by atoms with van der Waals surface area (Å²) in [6.45, 7) is 6.48. The van der Waals surface area contributed by atoms with E-state index in [1.807, 2.05) is 43.2 Å². The average molecular weight is 477 g/mol. The Kier molecular flexibility index (Phi) is 7.17. The van der Waals surface area contributed by atoms with E-state index in [1.54, 1.807) is 12.4 Å². The van der Waals surface area contributed by atoms with Crippen molar-refractivity contribution >= 4 is 28.8 Å². The molecule has 34 heavy (non-hydrogen) atoms. The molecule has 0 bridgehead atoms. The molecule has 0 radical (unpaired) electrons. The zero-order valence-corrected chi connectivity index (χ0v) is 20.6. The zero-order chi connectivity index (χ0) is 24.2. The van der Waals surface area contributed by atoms with Crippen molar-refractivity contribution in [2.75, 3.05) is 7.11 Å². The van der Waals surface area contributed by atoms with Gasteiger partial charge >= 0.3 is 5.97 Å². The monoisotopic (exact) mass is 476 g/mol. The van der Waals surface area contributed by atoms with Gasteiger partial charge < -0.3 is 15.0 Å². The smallest absolute Gasteiger partial charge is 0.338 e. The van der Waals surface area contributed by atoms with Crippen molar-refractivity contribution in [3.63, 3.8) is 0 Å². The quantitative estimate of drug-likeness (QED) is 0.591. The van der Waals surface area contributed by atoms with Crippen molar-refractivity contribution in [2.24, 2.45) is 4.99 Å². The van der Waals surface area contributed by atoms with E-state index in [0.29, 0.717) is 24.2 Å². The predicted molar refractivity (Wildman–Crippen MR) is 134 cm³/mol. The van der Waals surface area contributed by atoms with Gasteiger partial charge in [0.1, 0.15) is 0 Å². The van der Waals surface area contributed by atoms with Crippen LogP contribution in [0.2, 0.25) is 0 Å². The molecular formula is C26H28N4O3S. The van der Waals surface area contributed by atoms with E-state index in [2.05, 4.69) is 28.5 Å². The van der Waals surface area contributed by atoms with Gasteiger partial charge in [0.15, 0.2) is 5.17 Å². The Morgan fingerprint density at radius 1 is 1.18 bits per heavy atom. The zero-order valence-electron chi connectivity index (χ0n) is 19.8. The predicted octanol–water partition coefficient (Wildman–Crippen LogP) is 4.54. The topological polar surface area (TPSA) is 83.9 Å². The molecule has 1 N–H and O–H groups in total. The van der Waals surface area contributed by atoms with Crippen LogP contribution in [-0.4, -0.2) is 34.0 Å². The Bertz CT molecular complexity index is 1200. The molecule has 0 aliphatic carbocycles. The number of nitrogens with zero attached hydrogens (tertiary/aromatic N) is 3. The number of nitrogens with one attached hydrogen (secondary N) is 1. The molecule has 8 heteroatoms. The van der Waals surface area contributed by atoms with Crippen LogP contribution in [0, 0.1) is 13.8 Å². The molecular weight excluding hydrogens is 448 g/mol. The van der Waals surface area contributed by atoms with Crippen molar-refractivity contribution in [1.82, 2.24) is 15.2 Å². The molecule has 1 aromatic carbocycles. The average Bonchev–Trinajstić information content (AvgIpc) is 3.25. The van der Waals surface area contributed by atoms with Crippen LogP contribution < -0.4 is 5.32 Å². The van der Waals surface area contributed by atoms with Gasteiger partial charge in [-0.25, -0.2) is 9.79 Å². The van der Waals surface area contributed by atoms with Crippen LogP contribution in [0.25, 0.3) is 0 Å². The van der Waals surface area contributed by atoms with Crippen molar-refractivity contribution < 1.29 is 14.3 Å². The van der Waals surface area contributed by atoms with E-state index in [4.69, 9.17) is 9.73 Å². The van der Waals surface area contributed by atoms with E-state index in [9.17, 15) is 9.59 Å². The number of fused-ring (bicyclic) bond motifs is 1. The molecule has 3 heterocycles. The normalized spacial score (nSPS) is 17.2. The molecule has 1 amide bonds. The Morgan fingerprint density at radius 3 is 2.65 bits per heavy atom. The van der Waals surface area contributed by atoms with Crippen LogP contribution in [0.15, 0.2) is 70.1 Å². The number of rotatable bonds is 7. The highest BCUT2D eigenvalue weighted by Gasteiger charge is 2.42. The molecule has 176 valence electrons. The minimum Gasteiger partial charge on any atom is -0.466 e. The van der Waals surface area contributed by atoms with E-state index in [0.717, 1.165) is 33.1 Å². The van der Waals surface area contributed by atoms with E-state index >= 15 is 0 Å². The minimum absolute atomic E-state index is 0.102. The standard InChI is InChI=1S/C26H28N4O3S/c1-5-21-23(25(32)33-4)24(20-12-16(2)6-7-17(20)3)30-19(15-34-26(30)29-21)13-22(31)28-14-18-8-10-27-11-9-18/h6-12,15,24H,5,13-14H2,1-4H3,(H,28,31)/t24-/m1/s1. The second kappa shape index (κ2) is 10.3. The summed E-state index contributed by atoms with van der Waals surface area (Å²) in [5, 5.41) is 5.70. The number of thioether (sulfide) groups is 1. The van der Waals surface area contributed by atoms with Gasteiger partial charge in [-0.05, 0) is 54.5 Å². The summed E-state index contributed by atoms with van der Waals surface area (Å²) in [7, 11) is 1.39. The largest absolute Gasteiger partial charge is 0.466 e. The summed E-state index contributed by atoms with van der Waals surface area (Å²) < 4.78 is 5.19. The third-order valence-electron chi connectivity index (χ3n) is 5.94. The van der Waals surface area contributed by atoms with E-state index in [-0.39, 0.29) is 12.3 Å². The molecule has 0 spiro atoms. The first kappa shape index (κ1) is 23.8. The van der Waals surface area contributed by atoms with Crippen LogP contribution in [-0.2, 0) is 20.9 Å². The Hall–Kier alpha value is -3.39. The summed E-state index contributed by atoms with van der Waals surface area (Å²) in [5.74, 6) is -0.501. The molecule has 0 saturated heterocycles. The van der Waals surface area contributed by atoms with Gasteiger partial charge in [0.25, 0.3) is 0 Å². The molecule has 0 saturated carbocycles. The van der Waals surface area contributed by atoms with Crippen LogP contribution in [0.1, 0.15) is 48.1 Å². The van der Waals surface area contributed by atoms with Crippen molar-refractivity contribution in [3.05, 3.63) is 87.4 Å². The third kappa shape index (κ3) is 4.77. The van der Waals surface area contributed by atoms with Gasteiger partial charge in [-0.15, -0.1) is 0 Å². The molecule has 2 aliphatic heterocycles. The number of hydrogen-bond donors (Lipinski definition) is 1. The van der Waals surface area contributed by atoms with Gasteiger partial charge in [-0.2, -0.15) is 0 Å². The maximum absolute atomic E-state index is 13.0. The molecule has 0 fully saturated rings. The number of amides is 1. The fraction of sp³-hybridized carbons (Fsp3) is 0.308. The number of pyridine rings is 1. The van der Waals surface area contributed by atoms with Crippen molar-refractivity contribution in [3.8, 4) is 0 Å². The van der Waals surface area contributed by atoms with Gasteiger partial charge in [0.05, 0.1) is 30.8 Å². The molecule has 7 nitrogen and oxygen atoms in total. The molecule has 1 aromatic heterocycles. The van der Waals surface area contributed by atoms with Gasteiger partial charge in [-0.3, -0.25) is 9.78 Å². The SMILES string of the molecule is CCC1=C(C(=O)OC)[C@@H](c2cc(C)ccc2C)N2C(CC(=O)NCc3ccncc3)=CSC2=N1. The Morgan fingerprint density at radius 2 is 1.94 bits per heavy atom. The molecule has 2 aliphatic rings. The lowest BCUT2D eigenvalue weighted by Crippen LogP contribution is -2.38. The van der Waals surface area contributed by atoms with Crippen molar-refractivity contribution in [1.29, 1.82) is 0 Å². The number of aromatic nitrogens is 1. The molecule has 0 unspecified atom stereocenters. The first-order valence-corrected chi connectivity index (χ1v) is 12.1. The number of ether oxygens (including phenoxy) is 1. The van der Waals surface area contributed by atoms with Crippen LogP contribution in [0.3, 0.4) is 0 Å². The number of amidine groups is 1. The maximum Gasteiger partial charge on any atom is 0.338 e. The minimum atomic E-state index is -0.413. The number of esters is 1. The lowest BCUT2D eigenvalue weighted by Gasteiger charge is -2.37. The second-order valence-corrected chi connectivity index (χ2v) is 9.11. The summed E-state index contributed by atoms with van der Waals surface area (Å²) in [6, 6.07) is 9.55. The van der Waals surface area contributed by atoms with Crippen molar-refractivity contribution in [2.45, 2.75) is 46.2 Å². The highest BCUT2D eigenvalue weighted by atomic mass is 32.2. The highest BCUT2D eigenvalue weighted by Crippen LogP contribution is 2.46. The number of carbonyl (C=O) groups excluding carboxylic acids is 2. The molecule has 4 rings (SSSR count). The summed E-state index contributed by atoms with van der Waals surface area (Å²) in [4.78, 5) is 36.7. The Balaban J connectivity index is 1.67. The summed E-state index contributed by atoms with van der Waals surface area (Å²) in [5.41, 5.74) is 6.19. The summed E-state index contributed by atoms with van der Waals surface area (Å²) in [6.07, 6.45) is 4.18. The summed E-state index contributed by atoms with van der Waals surface area (Å²) >= 11 is 1.48. The number of allylic oxidation sites excluding steroid dienone is 1. The van der Waals surface area contributed by atoms with E-state index in [1.165, 1.54) is 18.9 Å². The maximum atomic E-state index is 13.0. The fourth-order valence-electron chi connectivity index (χ4n) is 4.19. The number of benzene rings is 1. The van der Waals surface area contributed by atoms with Gasteiger partial charge in [-0.1, -0.05) is 42.4 Å². The van der Waals surface area contributed by atoms with Gasteiger partial charge in [0, 0.05) is 24.6 Å². The van der Waals surface area contributed by atoms with Crippen LogP contribution >= 0.6 is 11.8 Å². The Labute approximate surface area is 204 Å². The second-order valence-electron chi connectivity index (χ2n) is 8.27. The van der Waals surface area contributed by atoms with Crippen LogP contribution in [0.5, 0.6) is 0 Å². The number of aryl methyl sites for hydroxylation is 2. The lowest BCUT2D eigenvalue weighted by atomic mass is 9.89. The van der Waals surface area contributed by atoms with Gasteiger partial charge in [0.2, 0.25) is 5.91 Å². The first-order chi connectivity index (χ1) is 16.4. The first-order valence-electron chi connectivity index (χ1n) is 11.2. The lowest BCUT2D eigenvalue weighted by molar-refractivity contribution is -0.136. The highest BCUT2D eigenvalue weighted by molar-refractivity contribution is 8.16. The fourth-order valence-corrected chi connectivity index (χ4v) is 5.13.